The molecule has 2 aromatic rings. The van der Waals surface area contributed by atoms with Gasteiger partial charge in [-0.1, -0.05) is 0 Å². The third kappa shape index (κ3) is 0.983. The van der Waals surface area contributed by atoms with Crippen molar-refractivity contribution in [3.63, 3.8) is 0 Å². The Morgan fingerprint density at radius 2 is 2.23 bits per heavy atom. The summed E-state index contributed by atoms with van der Waals surface area (Å²) in [4.78, 5) is 8.58. The van der Waals surface area contributed by atoms with Gasteiger partial charge in [-0.15, -0.1) is 0 Å². The Morgan fingerprint density at radius 3 is 3.00 bits per heavy atom. The van der Waals surface area contributed by atoms with Gasteiger partial charge in [0.1, 0.15) is 11.3 Å². The monoisotopic (exact) mass is 175 g/mol. The molecule has 0 atom stereocenters. The van der Waals surface area contributed by atoms with Gasteiger partial charge in [0, 0.05) is 12.0 Å². The zero-order chi connectivity index (χ0) is 8.84. The van der Waals surface area contributed by atoms with Gasteiger partial charge in [-0.3, -0.25) is 0 Å². The molecule has 0 aromatic carbocycles. The molecule has 66 valence electrons. The number of anilines is 1. The van der Waals surface area contributed by atoms with Gasteiger partial charge in [0.05, 0.1) is 6.26 Å². The molecule has 2 N–H and O–H groups in total. The molecule has 0 spiro atoms. The van der Waals surface area contributed by atoms with Crippen molar-refractivity contribution in [1.82, 2.24) is 9.97 Å². The number of aromatic nitrogens is 2. The van der Waals surface area contributed by atoms with Gasteiger partial charge in [-0.25, -0.2) is 9.97 Å². The van der Waals surface area contributed by atoms with Crippen LogP contribution in [0, 0.1) is 0 Å². The predicted octanol–water partition coefficient (Wildman–Crippen LogP) is 1.68. The standard InChI is InChI=1S/C9H9N3O/c10-8-7-6(3-4-13-7)11-9(12-8)5-1-2-5/h3-5H,1-2H2,(H2,10,11,12). The van der Waals surface area contributed by atoms with Gasteiger partial charge in [-0.2, -0.15) is 0 Å². The summed E-state index contributed by atoms with van der Waals surface area (Å²) < 4.78 is 5.15. The summed E-state index contributed by atoms with van der Waals surface area (Å²) in [6.07, 6.45) is 3.96. The number of hydrogen-bond acceptors (Lipinski definition) is 4. The van der Waals surface area contributed by atoms with Crippen molar-refractivity contribution in [2.24, 2.45) is 0 Å². The number of rotatable bonds is 1. The number of hydrogen-bond donors (Lipinski definition) is 1. The van der Waals surface area contributed by atoms with Crippen LogP contribution in [-0.2, 0) is 0 Å². The Balaban J connectivity index is 2.27. The van der Waals surface area contributed by atoms with Gasteiger partial charge in [0.25, 0.3) is 0 Å². The van der Waals surface area contributed by atoms with Crippen LogP contribution in [0.3, 0.4) is 0 Å². The van der Waals surface area contributed by atoms with Crippen molar-refractivity contribution in [1.29, 1.82) is 0 Å². The fourth-order valence-corrected chi connectivity index (χ4v) is 1.43. The van der Waals surface area contributed by atoms with Crippen LogP contribution in [0.2, 0.25) is 0 Å². The zero-order valence-electron chi connectivity index (χ0n) is 7.03. The van der Waals surface area contributed by atoms with Crippen molar-refractivity contribution in [3.05, 3.63) is 18.2 Å². The van der Waals surface area contributed by atoms with Crippen molar-refractivity contribution in [3.8, 4) is 0 Å². The lowest BCUT2D eigenvalue weighted by Crippen LogP contribution is -1.98. The van der Waals surface area contributed by atoms with Crippen LogP contribution < -0.4 is 5.73 Å². The van der Waals surface area contributed by atoms with Crippen LogP contribution in [0.5, 0.6) is 0 Å². The molecule has 3 rings (SSSR count). The first-order chi connectivity index (χ1) is 6.34. The van der Waals surface area contributed by atoms with Crippen LogP contribution in [0.25, 0.3) is 11.1 Å². The zero-order valence-corrected chi connectivity index (χ0v) is 7.03. The fraction of sp³-hybridized carbons (Fsp3) is 0.333. The number of fused-ring (bicyclic) bond motifs is 1. The first-order valence-corrected chi connectivity index (χ1v) is 4.35. The third-order valence-corrected chi connectivity index (χ3v) is 2.29. The van der Waals surface area contributed by atoms with Gasteiger partial charge in [-0.05, 0) is 12.8 Å². The van der Waals surface area contributed by atoms with E-state index >= 15 is 0 Å². The summed E-state index contributed by atoms with van der Waals surface area (Å²) in [5, 5.41) is 0. The lowest BCUT2D eigenvalue weighted by molar-refractivity contribution is 0.614. The van der Waals surface area contributed by atoms with E-state index in [0.717, 1.165) is 11.3 Å². The Morgan fingerprint density at radius 1 is 1.38 bits per heavy atom. The number of nitrogens with two attached hydrogens (primary N) is 1. The van der Waals surface area contributed by atoms with Crippen molar-refractivity contribution < 1.29 is 4.42 Å². The van der Waals surface area contributed by atoms with Crippen molar-refractivity contribution >= 4 is 16.9 Å². The normalized spacial score (nSPS) is 16.6. The van der Waals surface area contributed by atoms with Gasteiger partial charge in [0.2, 0.25) is 0 Å². The molecule has 1 fully saturated rings. The minimum atomic E-state index is 0.455. The average Bonchev–Trinajstić information content (AvgIpc) is 2.85. The summed E-state index contributed by atoms with van der Waals surface area (Å²) in [6.45, 7) is 0. The maximum atomic E-state index is 5.72. The van der Waals surface area contributed by atoms with Crippen LogP contribution in [0.4, 0.5) is 5.82 Å². The second-order valence-corrected chi connectivity index (χ2v) is 3.38. The molecule has 2 heterocycles. The van der Waals surface area contributed by atoms with Crippen molar-refractivity contribution in [2.75, 3.05) is 5.73 Å². The maximum absolute atomic E-state index is 5.72. The highest BCUT2D eigenvalue weighted by atomic mass is 16.3. The largest absolute Gasteiger partial charge is 0.459 e. The molecule has 1 saturated carbocycles. The Kier molecular flexibility index (Phi) is 1.17. The maximum Gasteiger partial charge on any atom is 0.194 e. The molecule has 0 amide bonds. The van der Waals surface area contributed by atoms with E-state index in [-0.39, 0.29) is 0 Å². The number of nitrogen functional groups attached to an aromatic ring is 1. The lowest BCUT2D eigenvalue weighted by atomic mass is 10.3. The first kappa shape index (κ1) is 6.88. The van der Waals surface area contributed by atoms with Gasteiger partial charge in [0.15, 0.2) is 11.4 Å². The third-order valence-electron chi connectivity index (χ3n) is 2.29. The molecule has 13 heavy (non-hydrogen) atoms. The summed E-state index contributed by atoms with van der Waals surface area (Å²) >= 11 is 0. The lowest BCUT2D eigenvalue weighted by Gasteiger charge is -1.98. The van der Waals surface area contributed by atoms with Crippen LogP contribution >= 0.6 is 0 Å². The molecular formula is C9H9N3O. The summed E-state index contributed by atoms with van der Waals surface area (Å²) in [5.41, 5.74) is 7.14. The molecule has 0 aliphatic heterocycles. The molecule has 0 bridgehead atoms. The second kappa shape index (κ2) is 2.22. The predicted molar refractivity (Wildman–Crippen MR) is 48.2 cm³/mol. The van der Waals surface area contributed by atoms with Crippen LogP contribution in [0.1, 0.15) is 24.6 Å². The molecule has 0 radical (unpaired) electrons. The molecule has 0 saturated heterocycles. The van der Waals surface area contributed by atoms with E-state index in [9.17, 15) is 0 Å². The second-order valence-electron chi connectivity index (χ2n) is 3.38. The molecule has 0 unspecified atom stereocenters. The molecule has 1 aliphatic rings. The molecule has 4 heteroatoms. The highest BCUT2D eigenvalue weighted by Gasteiger charge is 2.27. The topological polar surface area (TPSA) is 64.9 Å². The minimum Gasteiger partial charge on any atom is -0.459 e. The summed E-state index contributed by atoms with van der Waals surface area (Å²) in [5.74, 6) is 1.85. The van der Waals surface area contributed by atoms with E-state index in [1.807, 2.05) is 6.07 Å². The minimum absolute atomic E-state index is 0.455. The smallest absolute Gasteiger partial charge is 0.194 e. The van der Waals surface area contributed by atoms with E-state index < -0.39 is 0 Å². The Labute approximate surface area is 74.8 Å². The Hall–Kier alpha value is -1.58. The number of furan rings is 1. The highest BCUT2D eigenvalue weighted by molar-refractivity contribution is 5.82. The Bertz CT molecular complexity index is 459. The number of nitrogens with zero attached hydrogens (tertiary/aromatic N) is 2. The first-order valence-electron chi connectivity index (χ1n) is 4.35. The van der Waals surface area contributed by atoms with Crippen LogP contribution in [0.15, 0.2) is 16.7 Å². The fourth-order valence-electron chi connectivity index (χ4n) is 1.43. The van der Waals surface area contributed by atoms with Crippen molar-refractivity contribution in [2.45, 2.75) is 18.8 Å². The van der Waals surface area contributed by atoms with Gasteiger partial charge >= 0.3 is 0 Å². The summed E-state index contributed by atoms with van der Waals surface area (Å²) in [6, 6.07) is 1.82. The molecule has 4 nitrogen and oxygen atoms in total. The van der Waals surface area contributed by atoms with E-state index in [4.69, 9.17) is 10.2 Å². The molecular weight excluding hydrogens is 166 g/mol. The average molecular weight is 175 g/mol. The molecule has 1 aliphatic carbocycles. The summed E-state index contributed by atoms with van der Waals surface area (Å²) in [7, 11) is 0. The molecule has 2 aromatic heterocycles. The van der Waals surface area contributed by atoms with E-state index in [2.05, 4.69) is 9.97 Å². The SMILES string of the molecule is Nc1nc(C2CC2)nc2ccoc12. The van der Waals surface area contributed by atoms with E-state index in [0.29, 0.717) is 17.3 Å². The van der Waals surface area contributed by atoms with E-state index in [1.54, 1.807) is 6.26 Å². The highest BCUT2D eigenvalue weighted by Crippen LogP contribution is 2.39. The quantitative estimate of drug-likeness (QED) is 0.716. The van der Waals surface area contributed by atoms with Gasteiger partial charge < -0.3 is 10.2 Å². The van der Waals surface area contributed by atoms with Crippen LogP contribution in [-0.4, -0.2) is 9.97 Å². The van der Waals surface area contributed by atoms with E-state index in [1.165, 1.54) is 12.8 Å².